The summed E-state index contributed by atoms with van der Waals surface area (Å²) in [4.78, 5) is 0. The second-order valence-corrected chi connectivity index (χ2v) is 2.55. The lowest BCUT2D eigenvalue weighted by atomic mass is 10.1. The van der Waals surface area contributed by atoms with Crippen LogP contribution >= 0.6 is 0 Å². The van der Waals surface area contributed by atoms with Crippen molar-refractivity contribution >= 4 is 0 Å². The summed E-state index contributed by atoms with van der Waals surface area (Å²) in [5, 5.41) is 0. The van der Waals surface area contributed by atoms with Gasteiger partial charge in [0.15, 0.2) is 0 Å². The Morgan fingerprint density at radius 1 is 1.07 bits per heavy atom. The van der Waals surface area contributed by atoms with E-state index in [1.807, 2.05) is 46.8 Å². The molecule has 0 N–H and O–H groups in total. The molecule has 0 radical (unpaired) electrons. The van der Waals surface area contributed by atoms with Crippen LogP contribution in [0, 0.1) is 13.8 Å². The van der Waals surface area contributed by atoms with Crippen LogP contribution in [-0.4, -0.2) is 0 Å². The normalized spacial score (nSPS) is 7.60. The van der Waals surface area contributed by atoms with Crippen molar-refractivity contribution in [3.63, 3.8) is 0 Å². The van der Waals surface area contributed by atoms with Gasteiger partial charge in [0, 0.05) is 0 Å². The van der Waals surface area contributed by atoms with E-state index in [2.05, 4.69) is 19.6 Å². The molecule has 0 heterocycles. The first kappa shape index (κ1) is 16.2. The first-order valence-corrected chi connectivity index (χ1v) is 5.59. The van der Waals surface area contributed by atoms with Crippen LogP contribution in [0.4, 0.5) is 0 Å². The van der Waals surface area contributed by atoms with E-state index in [1.54, 1.807) is 0 Å². The van der Waals surface area contributed by atoms with Gasteiger partial charge in [0.1, 0.15) is 5.75 Å². The van der Waals surface area contributed by atoms with Crippen LogP contribution in [0.15, 0.2) is 31.0 Å². The molecule has 1 aromatic carbocycles. The monoisotopic (exact) mass is 208 g/mol. The smallest absolute Gasteiger partial charge is 0.129 e. The van der Waals surface area contributed by atoms with Gasteiger partial charge in [0.05, 0.1) is 6.26 Å². The molecule has 1 rings (SSSR count). The van der Waals surface area contributed by atoms with Crippen molar-refractivity contribution in [3.05, 3.63) is 42.2 Å². The summed E-state index contributed by atoms with van der Waals surface area (Å²) in [5.74, 6) is 0.880. The zero-order valence-corrected chi connectivity index (χ0v) is 10.9. The summed E-state index contributed by atoms with van der Waals surface area (Å²) in [6, 6.07) is 6.05. The predicted octanol–water partition coefficient (Wildman–Crippen LogP) is 4.88. The molecule has 0 spiro atoms. The van der Waals surface area contributed by atoms with Gasteiger partial charge in [-0.2, -0.15) is 0 Å². The fourth-order valence-electron chi connectivity index (χ4n) is 1.02. The molecule has 0 fully saturated rings. The quantitative estimate of drug-likeness (QED) is 0.629. The van der Waals surface area contributed by atoms with E-state index in [0.29, 0.717) is 0 Å². The van der Waals surface area contributed by atoms with E-state index < -0.39 is 0 Å². The van der Waals surface area contributed by atoms with Gasteiger partial charge in [0.2, 0.25) is 0 Å². The van der Waals surface area contributed by atoms with E-state index in [4.69, 9.17) is 4.74 Å². The molecule has 1 heteroatoms. The van der Waals surface area contributed by atoms with Crippen molar-refractivity contribution in [1.29, 1.82) is 0 Å². The molecule has 0 saturated carbocycles. The Morgan fingerprint density at radius 3 is 2.00 bits per heavy atom. The van der Waals surface area contributed by atoms with E-state index in [1.165, 1.54) is 11.8 Å². The maximum atomic E-state index is 5.16. The standard InChI is InChI=1S/C10H12O.2C2H6/c1-4-11-10-6-5-8(2)7-9(10)3;2*1-2/h4-7H,1H2,2-3H3;2*1-2H3. The van der Waals surface area contributed by atoms with E-state index >= 15 is 0 Å². The molecule has 0 bridgehead atoms. The first-order valence-electron chi connectivity index (χ1n) is 5.59. The Labute approximate surface area is 94.8 Å². The number of rotatable bonds is 2. The number of ether oxygens (including phenoxy) is 1. The van der Waals surface area contributed by atoms with Crippen LogP contribution < -0.4 is 4.74 Å². The maximum Gasteiger partial charge on any atom is 0.129 e. The zero-order valence-electron chi connectivity index (χ0n) is 10.9. The van der Waals surface area contributed by atoms with E-state index in [-0.39, 0.29) is 0 Å². The van der Waals surface area contributed by atoms with Gasteiger partial charge in [-0.05, 0) is 25.5 Å². The van der Waals surface area contributed by atoms with Crippen molar-refractivity contribution in [2.24, 2.45) is 0 Å². The Bertz CT molecular complexity index is 264. The zero-order chi connectivity index (χ0) is 12.3. The molecular formula is C14H24O. The average molecular weight is 208 g/mol. The molecule has 1 aromatic rings. The number of hydrogen-bond donors (Lipinski definition) is 0. The lowest BCUT2D eigenvalue weighted by Gasteiger charge is -2.03. The van der Waals surface area contributed by atoms with Crippen LogP contribution in [0.2, 0.25) is 0 Å². The topological polar surface area (TPSA) is 9.23 Å². The molecule has 0 saturated heterocycles. The van der Waals surface area contributed by atoms with Gasteiger partial charge in [0.25, 0.3) is 0 Å². The molecule has 0 aliphatic rings. The van der Waals surface area contributed by atoms with Crippen LogP contribution in [-0.2, 0) is 0 Å². The Kier molecular flexibility index (Phi) is 11.7. The van der Waals surface area contributed by atoms with Crippen molar-refractivity contribution < 1.29 is 4.74 Å². The summed E-state index contributed by atoms with van der Waals surface area (Å²) in [6.07, 6.45) is 1.44. The lowest BCUT2D eigenvalue weighted by molar-refractivity contribution is 0.479. The Balaban J connectivity index is 0. The third kappa shape index (κ3) is 6.78. The fourth-order valence-corrected chi connectivity index (χ4v) is 1.02. The molecule has 0 amide bonds. The third-order valence-corrected chi connectivity index (χ3v) is 1.54. The molecule has 0 unspecified atom stereocenters. The maximum absolute atomic E-state index is 5.16. The molecule has 0 aliphatic carbocycles. The highest BCUT2D eigenvalue weighted by Gasteiger charge is 1.95. The largest absolute Gasteiger partial charge is 0.465 e. The Hall–Kier alpha value is -1.24. The SMILES string of the molecule is C=COc1ccc(C)cc1C.CC.CC. The van der Waals surface area contributed by atoms with Crippen molar-refractivity contribution in [2.75, 3.05) is 0 Å². The van der Waals surface area contributed by atoms with Crippen molar-refractivity contribution in [2.45, 2.75) is 41.5 Å². The predicted molar refractivity (Wildman–Crippen MR) is 69.4 cm³/mol. The Morgan fingerprint density at radius 2 is 1.60 bits per heavy atom. The first-order chi connectivity index (χ1) is 7.24. The van der Waals surface area contributed by atoms with Crippen molar-refractivity contribution in [1.82, 2.24) is 0 Å². The summed E-state index contributed by atoms with van der Waals surface area (Å²) in [5.41, 5.74) is 2.39. The second-order valence-electron chi connectivity index (χ2n) is 2.55. The highest BCUT2D eigenvalue weighted by atomic mass is 16.5. The van der Waals surface area contributed by atoms with Crippen LogP contribution in [0.5, 0.6) is 5.75 Å². The van der Waals surface area contributed by atoms with Gasteiger partial charge in [-0.15, -0.1) is 0 Å². The fraction of sp³-hybridized carbons (Fsp3) is 0.429. The average Bonchev–Trinajstić information content (AvgIpc) is 2.28. The van der Waals surface area contributed by atoms with Gasteiger partial charge in [-0.3, -0.25) is 0 Å². The molecule has 15 heavy (non-hydrogen) atoms. The second kappa shape index (κ2) is 10.8. The molecule has 0 aliphatic heterocycles. The highest BCUT2D eigenvalue weighted by Crippen LogP contribution is 2.18. The minimum absolute atomic E-state index is 0.880. The number of benzene rings is 1. The minimum Gasteiger partial charge on any atom is -0.465 e. The summed E-state index contributed by atoms with van der Waals surface area (Å²) >= 11 is 0. The molecule has 1 nitrogen and oxygen atoms in total. The number of aryl methyl sites for hydroxylation is 2. The van der Waals surface area contributed by atoms with Crippen LogP contribution in [0.3, 0.4) is 0 Å². The molecule has 0 aromatic heterocycles. The third-order valence-electron chi connectivity index (χ3n) is 1.54. The lowest BCUT2D eigenvalue weighted by Crippen LogP contribution is -1.85. The number of hydrogen-bond acceptors (Lipinski definition) is 1. The van der Waals surface area contributed by atoms with Crippen LogP contribution in [0.25, 0.3) is 0 Å². The van der Waals surface area contributed by atoms with Gasteiger partial charge < -0.3 is 4.74 Å². The summed E-state index contributed by atoms with van der Waals surface area (Å²) < 4.78 is 5.16. The summed E-state index contributed by atoms with van der Waals surface area (Å²) in [7, 11) is 0. The summed E-state index contributed by atoms with van der Waals surface area (Å²) in [6.45, 7) is 15.6. The molecule has 0 atom stereocenters. The van der Waals surface area contributed by atoms with Gasteiger partial charge in [-0.25, -0.2) is 0 Å². The minimum atomic E-state index is 0.880. The highest BCUT2D eigenvalue weighted by molar-refractivity contribution is 5.35. The molecular weight excluding hydrogens is 184 g/mol. The van der Waals surface area contributed by atoms with E-state index in [9.17, 15) is 0 Å². The molecule has 86 valence electrons. The van der Waals surface area contributed by atoms with E-state index in [0.717, 1.165) is 11.3 Å². The van der Waals surface area contributed by atoms with Crippen molar-refractivity contribution in [3.8, 4) is 5.75 Å². The van der Waals surface area contributed by atoms with Crippen LogP contribution in [0.1, 0.15) is 38.8 Å². The van der Waals surface area contributed by atoms with Gasteiger partial charge in [-0.1, -0.05) is 52.0 Å². The van der Waals surface area contributed by atoms with Gasteiger partial charge >= 0.3 is 0 Å².